The zero-order valence-electron chi connectivity index (χ0n) is 6.85. The lowest BCUT2D eigenvalue weighted by Gasteiger charge is -2.38. The maximum atomic E-state index is 10.7. The van der Waals surface area contributed by atoms with Gasteiger partial charge in [-0.2, -0.15) is 0 Å². The van der Waals surface area contributed by atoms with Gasteiger partial charge in [0.2, 0.25) is 5.91 Å². The first-order valence-corrected chi connectivity index (χ1v) is 3.67. The Kier molecular flexibility index (Phi) is 2.12. The lowest BCUT2D eigenvalue weighted by Crippen LogP contribution is -2.54. The van der Waals surface area contributed by atoms with Gasteiger partial charge < -0.3 is 10.2 Å². The molecule has 0 spiro atoms. The molecule has 0 aromatic rings. The molecule has 1 fully saturated rings. The van der Waals surface area contributed by atoms with Gasteiger partial charge in [-0.05, 0) is 0 Å². The van der Waals surface area contributed by atoms with E-state index < -0.39 is 0 Å². The van der Waals surface area contributed by atoms with E-state index in [9.17, 15) is 4.79 Å². The fourth-order valence-electron chi connectivity index (χ4n) is 1.12. The van der Waals surface area contributed by atoms with Crippen LogP contribution in [-0.2, 0) is 4.79 Å². The number of rotatable bonds is 1. The molecule has 1 amide bonds. The average molecular weight is 155 g/mol. The molecule has 2 N–H and O–H groups in total. The van der Waals surface area contributed by atoms with Gasteiger partial charge in [0.25, 0.3) is 0 Å². The fourth-order valence-corrected chi connectivity index (χ4v) is 1.12. The smallest absolute Gasteiger partial charge is 0.219 e. The number of likely N-dealkylation sites (tertiary alicyclic amines) is 1. The van der Waals surface area contributed by atoms with Crippen molar-refractivity contribution in [3.8, 4) is 0 Å². The maximum absolute atomic E-state index is 10.7. The molecule has 1 aliphatic heterocycles. The maximum Gasteiger partial charge on any atom is 0.219 e. The molecule has 62 valence electrons. The van der Waals surface area contributed by atoms with E-state index >= 15 is 0 Å². The Morgan fingerprint density at radius 2 is 2.18 bits per heavy atom. The van der Waals surface area contributed by atoms with Crippen LogP contribution in [0.1, 0.15) is 6.92 Å². The van der Waals surface area contributed by atoms with Gasteiger partial charge >= 0.3 is 0 Å². The number of carbonyl (C=O) groups excluding carboxylic acids is 1. The SMILES string of the molecule is CNC(=N)C1CN(C(C)=O)C1. The van der Waals surface area contributed by atoms with Crippen molar-refractivity contribution in [3.63, 3.8) is 0 Å². The molecule has 4 heteroatoms. The molecule has 1 rings (SSSR count). The molecule has 11 heavy (non-hydrogen) atoms. The largest absolute Gasteiger partial charge is 0.377 e. The third kappa shape index (κ3) is 1.50. The van der Waals surface area contributed by atoms with E-state index in [4.69, 9.17) is 5.41 Å². The Morgan fingerprint density at radius 1 is 1.64 bits per heavy atom. The molecule has 0 unspecified atom stereocenters. The van der Waals surface area contributed by atoms with Gasteiger partial charge in [-0.3, -0.25) is 10.2 Å². The predicted octanol–water partition coefficient (Wildman–Crippen LogP) is -0.339. The Morgan fingerprint density at radius 3 is 2.55 bits per heavy atom. The zero-order chi connectivity index (χ0) is 8.43. The van der Waals surface area contributed by atoms with E-state index in [1.165, 1.54) is 0 Å². The first-order valence-electron chi connectivity index (χ1n) is 3.67. The minimum atomic E-state index is 0.102. The van der Waals surface area contributed by atoms with Gasteiger partial charge in [-0.25, -0.2) is 0 Å². The molecule has 0 bridgehead atoms. The summed E-state index contributed by atoms with van der Waals surface area (Å²) in [5.41, 5.74) is 0. The lowest BCUT2D eigenvalue weighted by molar-refractivity contribution is -0.133. The lowest BCUT2D eigenvalue weighted by atomic mass is 9.99. The summed E-state index contributed by atoms with van der Waals surface area (Å²) in [6.45, 7) is 2.96. The van der Waals surface area contributed by atoms with Crippen LogP contribution in [0.3, 0.4) is 0 Å². The van der Waals surface area contributed by atoms with Crippen LogP contribution in [-0.4, -0.2) is 36.8 Å². The van der Waals surface area contributed by atoms with E-state index in [2.05, 4.69) is 5.32 Å². The summed E-state index contributed by atoms with van der Waals surface area (Å²) < 4.78 is 0. The molecule has 0 aliphatic carbocycles. The summed E-state index contributed by atoms with van der Waals surface area (Å²) in [5.74, 6) is 0.872. The van der Waals surface area contributed by atoms with Gasteiger partial charge in [-0.1, -0.05) is 0 Å². The Labute approximate surface area is 66.1 Å². The molecular formula is C7H13N3O. The fraction of sp³-hybridized carbons (Fsp3) is 0.714. The second-order valence-corrected chi connectivity index (χ2v) is 2.78. The molecule has 1 aliphatic rings. The Bertz CT molecular complexity index is 184. The Balaban J connectivity index is 2.29. The molecule has 0 aromatic heterocycles. The minimum absolute atomic E-state index is 0.102. The van der Waals surface area contributed by atoms with E-state index in [1.807, 2.05) is 0 Å². The summed E-state index contributed by atoms with van der Waals surface area (Å²) in [4.78, 5) is 12.5. The topological polar surface area (TPSA) is 56.2 Å². The molecule has 1 saturated heterocycles. The molecule has 4 nitrogen and oxygen atoms in total. The van der Waals surface area contributed by atoms with Crippen molar-refractivity contribution in [1.82, 2.24) is 10.2 Å². The first kappa shape index (κ1) is 8.04. The van der Waals surface area contributed by atoms with Gasteiger partial charge in [0, 0.05) is 27.1 Å². The predicted molar refractivity (Wildman–Crippen MR) is 42.5 cm³/mol. The van der Waals surface area contributed by atoms with Crippen molar-refractivity contribution in [2.24, 2.45) is 5.92 Å². The van der Waals surface area contributed by atoms with Crippen LogP contribution in [0.5, 0.6) is 0 Å². The second-order valence-electron chi connectivity index (χ2n) is 2.78. The zero-order valence-corrected chi connectivity index (χ0v) is 6.85. The highest BCUT2D eigenvalue weighted by atomic mass is 16.2. The van der Waals surface area contributed by atoms with Crippen LogP contribution < -0.4 is 5.32 Å². The van der Waals surface area contributed by atoms with Gasteiger partial charge in [0.1, 0.15) is 0 Å². The molecule has 0 radical (unpaired) electrons. The van der Waals surface area contributed by atoms with Gasteiger partial charge in [0.05, 0.1) is 11.8 Å². The van der Waals surface area contributed by atoms with Gasteiger partial charge in [-0.15, -0.1) is 0 Å². The van der Waals surface area contributed by atoms with E-state index in [1.54, 1.807) is 18.9 Å². The highest BCUT2D eigenvalue weighted by Gasteiger charge is 2.30. The van der Waals surface area contributed by atoms with Crippen LogP contribution in [0.4, 0.5) is 0 Å². The van der Waals surface area contributed by atoms with Crippen molar-refractivity contribution in [3.05, 3.63) is 0 Å². The summed E-state index contributed by atoms with van der Waals surface area (Å²) in [7, 11) is 1.73. The summed E-state index contributed by atoms with van der Waals surface area (Å²) in [6, 6.07) is 0. The number of hydrogen-bond donors (Lipinski definition) is 2. The van der Waals surface area contributed by atoms with E-state index in [-0.39, 0.29) is 11.8 Å². The van der Waals surface area contributed by atoms with Crippen LogP contribution in [0, 0.1) is 11.3 Å². The van der Waals surface area contributed by atoms with E-state index in [0.29, 0.717) is 18.9 Å². The number of hydrogen-bond acceptors (Lipinski definition) is 2. The van der Waals surface area contributed by atoms with Crippen molar-refractivity contribution in [2.45, 2.75) is 6.92 Å². The van der Waals surface area contributed by atoms with Crippen molar-refractivity contribution in [2.75, 3.05) is 20.1 Å². The third-order valence-corrected chi connectivity index (χ3v) is 2.00. The first-order chi connectivity index (χ1) is 5.15. The van der Waals surface area contributed by atoms with Crippen molar-refractivity contribution in [1.29, 1.82) is 5.41 Å². The number of nitrogens with one attached hydrogen (secondary N) is 2. The quantitative estimate of drug-likeness (QED) is 0.402. The highest BCUT2D eigenvalue weighted by Crippen LogP contribution is 2.14. The van der Waals surface area contributed by atoms with E-state index in [0.717, 1.165) is 0 Å². The average Bonchev–Trinajstić information content (AvgIpc) is 1.83. The number of nitrogens with zero attached hydrogens (tertiary/aromatic N) is 1. The molecule has 0 saturated carbocycles. The van der Waals surface area contributed by atoms with Crippen LogP contribution in [0.25, 0.3) is 0 Å². The van der Waals surface area contributed by atoms with Gasteiger partial charge in [0.15, 0.2) is 0 Å². The standard InChI is InChI=1S/C7H13N3O/c1-5(11)10-3-6(4-10)7(8)9-2/h6H,3-4H2,1-2H3,(H2,8,9). The van der Waals surface area contributed by atoms with Crippen LogP contribution >= 0.6 is 0 Å². The molecule has 1 heterocycles. The monoisotopic (exact) mass is 155 g/mol. The number of amidine groups is 1. The normalized spacial score (nSPS) is 17.5. The third-order valence-electron chi connectivity index (χ3n) is 2.00. The molecule has 0 aromatic carbocycles. The minimum Gasteiger partial charge on any atom is -0.377 e. The molecular weight excluding hydrogens is 142 g/mol. The number of carbonyl (C=O) groups is 1. The van der Waals surface area contributed by atoms with Crippen LogP contribution in [0.2, 0.25) is 0 Å². The summed E-state index contributed by atoms with van der Waals surface area (Å²) >= 11 is 0. The Hall–Kier alpha value is -1.06. The van der Waals surface area contributed by atoms with Crippen molar-refractivity contribution < 1.29 is 4.79 Å². The highest BCUT2D eigenvalue weighted by molar-refractivity contribution is 5.85. The summed E-state index contributed by atoms with van der Waals surface area (Å²) in [6.07, 6.45) is 0. The van der Waals surface area contributed by atoms with Crippen LogP contribution in [0.15, 0.2) is 0 Å². The molecule has 0 atom stereocenters. The second kappa shape index (κ2) is 2.90. The summed E-state index contributed by atoms with van der Waals surface area (Å²) in [5, 5.41) is 10.1. The number of amides is 1. The van der Waals surface area contributed by atoms with Crippen molar-refractivity contribution >= 4 is 11.7 Å².